The number of nitrogen functional groups attached to an aromatic ring is 1. The molecule has 0 aliphatic rings. The lowest BCUT2D eigenvalue weighted by molar-refractivity contribution is 0.102. The summed E-state index contributed by atoms with van der Waals surface area (Å²) in [6.45, 7) is 0.317. The number of rotatable bonds is 7. The first-order chi connectivity index (χ1) is 11.4. The van der Waals surface area contributed by atoms with Crippen LogP contribution in [0.5, 0.6) is 0 Å². The average molecular weight is 353 g/mol. The summed E-state index contributed by atoms with van der Waals surface area (Å²) in [4.78, 5) is 38.8. The molecule has 128 valence electrons. The molecule has 24 heavy (non-hydrogen) atoms. The van der Waals surface area contributed by atoms with Gasteiger partial charge in [-0.05, 0) is 24.3 Å². The predicted molar refractivity (Wildman–Crippen MR) is 89.1 cm³/mol. The number of hydrogen-bond acceptors (Lipinski definition) is 6. The Balaban J connectivity index is 2.23. The van der Waals surface area contributed by atoms with E-state index in [-0.39, 0.29) is 36.1 Å². The van der Waals surface area contributed by atoms with E-state index in [4.69, 9.17) is 10.5 Å². The van der Waals surface area contributed by atoms with E-state index < -0.39 is 17.0 Å². The van der Waals surface area contributed by atoms with Crippen LogP contribution in [0.2, 0.25) is 0 Å². The van der Waals surface area contributed by atoms with Crippen molar-refractivity contribution in [2.45, 2.75) is 11.4 Å². The van der Waals surface area contributed by atoms with E-state index in [2.05, 4.69) is 4.98 Å². The Labute approximate surface area is 140 Å². The molecule has 1 aromatic carbocycles. The molecule has 0 radical (unpaired) electrons. The maximum absolute atomic E-state index is 12.9. The fraction of sp³-hybridized carbons (Fsp3) is 0.267. The molecule has 0 spiro atoms. The van der Waals surface area contributed by atoms with Crippen LogP contribution in [0, 0.1) is 5.82 Å². The minimum atomic E-state index is -0.823. The van der Waals surface area contributed by atoms with Crippen molar-refractivity contribution >= 4 is 23.4 Å². The van der Waals surface area contributed by atoms with Gasteiger partial charge in [-0.25, -0.2) is 9.18 Å². The van der Waals surface area contributed by atoms with Gasteiger partial charge < -0.3 is 10.5 Å². The van der Waals surface area contributed by atoms with Gasteiger partial charge in [-0.2, -0.15) is 0 Å². The lowest BCUT2D eigenvalue weighted by atomic mass is 10.2. The molecule has 1 heterocycles. The highest BCUT2D eigenvalue weighted by molar-refractivity contribution is 8.00. The highest BCUT2D eigenvalue weighted by atomic mass is 32.2. The fourth-order valence-corrected chi connectivity index (χ4v) is 2.78. The van der Waals surface area contributed by atoms with Crippen LogP contribution in [0.3, 0.4) is 0 Å². The highest BCUT2D eigenvalue weighted by Crippen LogP contribution is 2.19. The zero-order valence-electron chi connectivity index (χ0n) is 12.9. The molecule has 0 amide bonds. The first kappa shape index (κ1) is 18.0. The Kier molecular flexibility index (Phi) is 5.93. The minimum absolute atomic E-state index is 0.0681. The molecule has 0 saturated carbocycles. The number of H-pyrrole nitrogens is 1. The summed E-state index contributed by atoms with van der Waals surface area (Å²) < 4.78 is 18.8. The van der Waals surface area contributed by atoms with Gasteiger partial charge in [0.05, 0.1) is 18.9 Å². The van der Waals surface area contributed by atoms with Crippen LogP contribution in [0.15, 0.2) is 38.8 Å². The Hall–Kier alpha value is -2.39. The molecule has 9 heteroatoms. The maximum Gasteiger partial charge on any atom is 0.330 e. The molecule has 0 fully saturated rings. The number of hydrogen-bond donors (Lipinski definition) is 2. The van der Waals surface area contributed by atoms with Gasteiger partial charge >= 0.3 is 5.69 Å². The zero-order chi connectivity index (χ0) is 17.7. The minimum Gasteiger partial charge on any atom is -0.384 e. The van der Waals surface area contributed by atoms with Crippen LogP contribution >= 0.6 is 11.8 Å². The van der Waals surface area contributed by atoms with E-state index in [0.717, 1.165) is 16.3 Å². The summed E-state index contributed by atoms with van der Waals surface area (Å²) in [5.41, 5.74) is 4.04. The van der Waals surface area contributed by atoms with Crippen LogP contribution in [0.25, 0.3) is 0 Å². The second-order valence-corrected chi connectivity index (χ2v) is 5.88. The molecule has 3 N–H and O–H groups in total. The van der Waals surface area contributed by atoms with E-state index in [1.54, 1.807) is 0 Å². The van der Waals surface area contributed by atoms with E-state index in [0.29, 0.717) is 4.90 Å². The van der Waals surface area contributed by atoms with Crippen LogP contribution < -0.4 is 17.0 Å². The number of halogens is 1. The number of aromatic nitrogens is 2. The smallest absolute Gasteiger partial charge is 0.330 e. The lowest BCUT2D eigenvalue weighted by Crippen LogP contribution is -2.37. The number of anilines is 1. The van der Waals surface area contributed by atoms with Gasteiger partial charge in [0.25, 0.3) is 5.56 Å². The molecular weight excluding hydrogens is 337 g/mol. The van der Waals surface area contributed by atoms with Crippen molar-refractivity contribution in [1.29, 1.82) is 0 Å². The number of benzene rings is 1. The summed E-state index contributed by atoms with van der Waals surface area (Å²) in [6, 6.07) is 5.61. The number of carbonyl (C=O) groups excluding carboxylic acids is 1. The van der Waals surface area contributed by atoms with Gasteiger partial charge in [0.1, 0.15) is 17.2 Å². The third-order valence-corrected chi connectivity index (χ3v) is 4.23. The number of Topliss-reactive ketones (excluding diaryl/α,β-unsaturated/α-hetero) is 1. The number of ketones is 1. The van der Waals surface area contributed by atoms with Crippen molar-refractivity contribution in [3.05, 3.63) is 56.5 Å². The predicted octanol–water partition coefficient (Wildman–Crippen LogP) is 0.879. The Bertz CT molecular complexity index is 845. The number of aromatic amines is 1. The quantitative estimate of drug-likeness (QED) is 0.565. The molecule has 0 unspecified atom stereocenters. The Morgan fingerprint density at radius 2 is 2.00 bits per heavy atom. The molecule has 0 aliphatic carbocycles. The van der Waals surface area contributed by atoms with Gasteiger partial charge in [-0.15, -0.1) is 11.8 Å². The maximum atomic E-state index is 12.9. The van der Waals surface area contributed by atoms with Crippen molar-refractivity contribution in [3.8, 4) is 0 Å². The third kappa shape index (κ3) is 4.12. The zero-order valence-corrected chi connectivity index (χ0v) is 13.7. The van der Waals surface area contributed by atoms with Crippen molar-refractivity contribution in [2.24, 2.45) is 0 Å². The second-order valence-electron chi connectivity index (χ2n) is 4.83. The molecule has 0 atom stereocenters. The van der Waals surface area contributed by atoms with E-state index >= 15 is 0 Å². The molecular formula is C15H16FN3O4S. The largest absolute Gasteiger partial charge is 0.384 e. The van der Waals surface area contributed by atoms with Crippen LogP contribution in [0.4, 0.5) is 10.2 Å². The highest BCUT2D eigenvalue weighted by Gasteiger charge is 2.19. The van der Waals surface area contributed by atoms with Gasteiger partial charge in [0, 0.05) is 12.0 Å². The van der Waals surface area contributed by atoms with Gasteiger partial charge in [0.15, 0.2) is 5.78 Å². The van der Waals surface area contributed by atoms with Crippen LogP contribution in [-0.4, -0.2) is 34.8 Å². The van der Waals surface area contributed by atoms with E-state index in [9.17, 15) is 18.8 Å². The number of nitrogens with one attached hydrogen (secondary N) is 1. The number of methoxy groups -OCH3 is 1. The average Bonchev–Trinajstić information content (AvgIpc) is 2.54. The van der Waals surface area contributed by atoms with Crippen molar-refractivity contribution < 1.29 is 13.9 Å². The van der Waals surface area contributed by atoms with Gasteiger partial charge in [-0.1, -0.05) is 0 Å². The Morgan fingerprint density at radius 3 is 2.62 bits per heavy atom. The third-order valence-electron chi connectivity index (χ3n) is 3.22. The standard InChI is InChI=1S/C15H16FN3O4S/c1-23-7-6-19-13(17)12(14(21)18-15(19)22)11(20)8-24-10-4-2-9(16)3-5-10/h2-5H,6-8,17H2,1H3,(H,18,21,22). The topological polar surface area (TPSA) is 107 Å². The summed E-state index contributed by atoms with van der Waals surface area (Å²) in [5.74, 6) is -1.15. The number of nitrogens with two attached hydrogens (primary N) is 1. The van der Waals surface area contributed by atoms with E-state index in [1.807, 2.05) is 0 Å². The number of nitrogens with zero attached hydrogens (tertiary/aromatic N) is 1. The Morgan fingerprint density at radius 1 is 1.33 bits per heavy atom. The van der Waals surface area contributed by atoms with Crippen molar-refractivity contribution in [3.63, 3.8) is 0 Å². The number of carbonyl (C=O) groups is 1. The SMILES string of the molecule is COCCn1c(N)c(C(=O)CSc2ccc(F)cc2)c(=O)[nH]c1=O. The molecule has 1 aromatic heterocycles. The molecule has 0 aliphatic heterocycles. The van der Waals surface area contributed by atoms with E-state index in [1.165, 1.54) is 31.4 Å². The normalized spacial score (nSPS) is 10.8. The lowest BCUT2D eigenvalue weighted by Gasteiger charge is -2.11. The van der Waals surface area contributed by atoms with Crippen LogP contribution in [-0.2, 0) is 11.3 Å². The van der Waals surface area contributed by atoms with Crippen molar-refractivity contribution in [1.82, 2.24) is 9.55 Å². The molecule has 2 rings (SSSR count). The molecule has 0 saturated heterocycles. The first-order valence-corrected chi connectivity index (χ1v) is 7.95. The van der Waals surface area contributed by atoms with Gasteiger partial charge in [-0.3, -0.25) is 19.1 Å². The molecule has 2 aromatic rings. The summed E-state index contributed by atoms with van der Waals surface area (Å²) in [7, 11) is 1.46. The monoisotopic (exact) mass is 353 g/mol. The summed E-state index contributed by atoms with van der Waals surface area (Å²) in [6.07, 6.45) is 0. The number of thioether (sulfide) groups is 1. The van der Waals surface area contributed by atoms with Gasteiger partial charge in [0.2, 0.25) is 0 Å². The van der Waals surface area contributed by atoms with Crippen LogP contribution in [0.1, 0.15) is 10.4 Å². The first-order valence-electron chi connectivity index (χ1n) is 6.97. The van der Waals surface area contributed by atoms with Crippen molar-refractivity contribution in [2.75, 3.05) is 25.2 Å². The molecule has 0 bridgehead atoms. The fourth-order valence-electron chi connectivity index (χ4n) is 2.01. The summed E-state index contributed by atoms with van der Waals surface area (Å²) >= 11 is 1.14. The summed E-state index contributed by atoms with van der Waals surface area (Å²) in [5, 5.41) is 0. The number of ether oxygens (including phenoxy) is 1. The molecule has 7 nitrogen and oxygen atoms in total. The second kappa shape index (κ2) is 7.93.